The molecule has 21 heteroatoms. The Balaban J connectivity index is 1.18. The van der Waals surface area contributed by atoms with Crippen molar-refractivity contribution in [2.75, 3.05) is 13.1 Å². The number of thiocarbonyl (C=S) groups is 2. The van der Waals surface area contributed by atoms with Crippen LogP contribution in [0.3, 0.4) is 0 Å². The van der Waals surface area contributed by atoms with Crippen LogP contribution in [0.1, 0.15) is 58.4 Å². The van der Waals surface area contributed by atoms with Crippen LogP contribution in [0, 0.1) is 0 Å². The Morgan fingerprint density at radius 3 is 1.04 bits per heavy atom. The molecule has 4 aromatic carbocycles. The Morgan fingerprint density at radius 2 is 0.766 bits per heavy atom. The predicted molar refractivity (Wildman–Crippen MR) is 307 cm³/mol. The van der Waals surface area contributed by atoms with Gasteiger partial charge in [0.15, 0.2) is 10.1 Å². The van der Waals surface area contributed by atoms with Crippen LogP contribution in [0.25, 0.3) is 19.5 Å². The molecule has 5 heterocycles. The maximum Gasteiger partial charge on any atom is 0.333 e. The zero-order chi connectivity index (χ0) is 53.6. The molecule has 2 aliphatic heterocycles. The molecule has 4 aliphatic rings. The highest BCUT2D eigenvalue weighted by Crippen LogP contribution is 2.68. The third-order valence-corrected chi connectivity index (χ3v) is 19.3. The third-order valence-electron chi connectivity index (χ3n) is 13.1. The van der Waals surface area contributed by atoms with Gasteiger partial charge in [-0.2, -0.15) is 0 Å². The van der Waals surface area contributed by atoms with Crippen molar-refractivity contribution in [2.45, 2.75) is 51.1 Å². The summed E-state index contributed by atoms with van der Waals surface area (Å²) in [7, 11) is 0. The van der Waals surface area contributed by atoms with E-state index in [1.54, 1.807) is 123 Å². The lowest BCUT2D eigenvalue weighted by Crippen LogP contribution is -2.50. The molecule has 77 heavy (non-hydrogen) atoms. The van der Waals surface area contributed by atoms with E-state index < -0.39 is 46.5 Å². The van der Waals surface area contributed by atoms with Crippen molar-refractivity contribution >= 4 is 146 Å². The minimum Gasteiger partial charge on any atom is -0.459 e. The molecular formula is C56H40N4O10S7. The number of benzene rings is 4. The van der Waals surface area contributed by atoms with Crippen LogP contribution in [0.2, 0.25) is 0 Å². The van der Waals surface area contributed by atoms with Gasteiger partial charge in [0.25, 0.3) is 11.8 Å². The number of ether oxygens (including phenoxy) is 4. The summed E-state index contributed by atoms with van der Waals surface area (Å²) in [6, 6.07) is 38.7. The Labute approximate surface area is 472 Å². The molecule has 0 atom stereocenters. The quantitative estimate of drug-likeness (QED) is 0.0387. The first-order chi connectivity index (χ1) is 37.4. The molecule has 2 fully saturated rings. The number of esters is 4. The Kier molecular flexibility index (Phi) is 14.5. The van der Waals surface area contributed by atoms with Gasteiger partial charge < -0.3 is 18.9 Å². The molecule has 2 aliphatic carbocycles. The highest BCUT2D eigenvalue weighted by Gasteiger charge is 2.69. The zero-order valence-electron chi connectivity index (χ0n) is 40.7. The fraction of sp³-hybridized carbons (Fsp3) is 0.179. The van der Waals surface area contributed by atoms with Gasteiger partial charge in [0.1, 0.15) is 45.1 Å². The average molecular weight is 1150 g/mol. The monoisotopic (exact) mass is 1150 g/mol. The highest BCUT2D eigenvalue weighted by atomic mass is 32.2. The van der Waals surface area contributed by atoms with E-state index in [0.717, 1.165) is 57.5 Å². The number of nitrogens with zero attached hydrogens (tertiary/aromatic N) is 4. The molecule has 3 aromatic heterocycles. The minimum absolute atomic E-state index is 0.0335. The van der Waals surface area contributed by atoms with Crippen molar-refractivity contribution in [3.05, 3.63) is 178 Å². The maximum absolute atomic E-state index is 16.0. The summed E-state index contributed by atoms with van der Waals surface area (Å²) in [5, 5.41) is 0.695. The summed E-state index contributed by atoms with van der Waals surface area (Å²) in [5.41, 5.74) is -2.55. The number of aliphatic imine (C=N–C) groups is 2. The number of carbonyl (C=O) groups excluding carboxylic acids is 6. The Morgan fingerprint density at radius 1 is 0.468 bits per heavy atom. The lowest BCUT2D eigenvalue weighted by molar-refractivity contribution is -0.167. The van der Waals surface area contributed by atoms with Crippen molar-refractivity contribution in [3.63, 3.8) is 0 Å². The lowest BCUT2D eigenvalue weighted by atomic mass is 9.70. The van der Waals surface area contributed by atoms with Crippen molar-refractivity contribution in [1.29, 1.82) is 0 Å². The molecule has 0 bridgehead atoms. The first-order valence-electron chi connectivity index (χ1n) is 23.9. The van der Waals surface area contributed by atoms with Gasteiger partial charge >= 0.3 is 23.9 Å². The van der Waals surface area contributed by atoms with E-state index >= 15 is 19.2 Å². The molecule has 2 amide bonds. The van der Waals surface area contributed by atoms with E-state index in [-0.39, 0.29) is 68.8 Å². The van der Waals surface area contributed by atoms with Gasteiger partial charge in [-0.25, -0.2) is 9.98 Å². The van der Waals surface area contributed by atoms with Gasteiger partial charge in [-0.05, 0) is 71.8 Å². The normalized spacial score (nSPS) is 16.6. The van der Waals surface area contributed by atoms with E-state index in [4.69, 9.17) is 53.4 Å². The number of fused-ring (bicyclic) bond motifs is 7. The molecule has 11 rings (SSSR count). The van der Waals surface area contributed by atoms with Crippen LogP contribution in [0.5, 0.6) is 0 Å². The minimum atomic E-state index is -2.56. The van der Waals surface area contributed by atoms with E-state index in [0.29, 0.717) is 63.5 Å². The van der Waals surface area contributed by atoms with Crippen molar-refractivity contribution in [3.8, 4) is 19.5 Å². The van der Waals surface area contributed by atoms with Gasteiger partial charge in [-0.1, -0.05) is 146 Å². The molecule has 0 radical (unpaired) electrons. The van der Waals surface area contributed by atoms with Crippen molar-refractivity contribution in [1.82, 2.24) is 9.80 Å². The second kappa shape index (κ2) is 21.4. The van der Waals surface area contributed by atoms with E-state index in [1.165, 1.54) is 9.80 Å². The molecule has 0 saturated carbocycles. The number of rotatable bonds is 16. The summed E-state index contributed by atoms with van der Waals surface area (Å²) >= 11 is 16.4. The summed E-state index contributed by atoms with van der Waals surface area (Å²) in [6.07, 6.45) is 0. The van der Waals surface area contributed by atoms with E-state index in [1.807, 2.05) is 24.3 Å². The van der Waals surface area contributed by atoms with Gasteiger partial charge in [-0.3, -0.25) is 38.6 Å². The predicted octanol–water partition coefficient (Wildman–Crippen LogP) is 11.2. The topological polar surface area (TPSA) is 171 Å². The molecule has 0 unspecified atom stereocenters. The maximum atomic E-state index is 16.0. The number of amides is 2. The summed E-state index contributed by atoms with van der Waals surface area (Å²) in [4.78, 5) is 105. The standard InChI is InChI=1S/C56H40N4O10S7/c1-3-59-47(61)45(76-53(59)71)57-37-25-35-41(73-37)43-39(55(35,49(63)67-27-31-17-9-5-10-18-31)50(64)68-28-32-19-11-6-12-20-32)40-44(75-43)42-36(26-38(74-42)58-46-48(62)60(4-2)54(72)77-46)56(40,51(65)69-29-33-21-13-7-14-22-33)52(66)70-30-34-23-15-8-16-24-34/h5-26H,3-4,27-30H2,1-2H3. The van der Waals surface area contributed by atoms with Crippen LogP contribution >= 0.6 is 82.0 Å². The number of thioether (sulfide) groups is 2. The van der Waals surface area contributed by atoms with Crippen LogP contribution in [-0.4, -0.2) is 77.3 Å². The molecular weight excluding hydrogens is 1110 g/mol. The fourth-order valence-corrected chi connectivity index (χ4v) is 16.1. The van der Waals surface area contributed by atoms with Gasteiger partial charge in [-0.15, -0.1) is 34.0 Å². The fourth-order valence-electron chi connectivity index (χ4n) is 9.48. The highest BCUT2D eigenvalue weighted by molar-refractivity contribution is 8.35. The lowest BCUT2D eigenvalue weighted by Gasteiger charge is -2.32. The third kappa shape index (κ3) is 9.06. The summed E-state index contributed by atoms with van der Waals surface area (Å²) < 4.78 is 25.8. The number of thiophene rings is 3. The molecule has 0 N–H and O–H groups in total. The van der Waals surface area contributed by atoms with Gasteiger partial charge in [0, 0.05) is 35.3 Å². The van der Waals surface area contributed by atoms with Crippen molar-refractivity contribution in [2.24, 2.45) is 9.98 Å². The summed E-state index contributed by atoms with van der Waals surface area (Å²) in [5.74, 6) is -5.07. The van der Waals surface area contributed by atoms with Crippen LogP contribution in [0.15, 0.2) is 143 Å². The number of hydrogen-bond acceptors (Lipinski definition) is 19. The second-order valence-corrected chi connectivity index (χ2v) is 23.9. The molecule has 386 valence electrons. The average Bonchev–Trinajstić information content (AvgIpc) is 3.66. The Bertz CT molecular complexity index is 3300. The Hall–Kier alpha value is -6.98. The molecule has 7 aromatic rings. The molecule has 0 spiro atoms. The first kappa shape index (κ1) is 52.1. The molecule has 2 saturated heterocycles. The van der Waals surface area contributed by atoms with E-state index in [9.17, 15) is 9.59 Å². The second-order valence-electron chi connectivity index (χ2n) is 17.6. The SMILES string of the molecule is CCN1C(=O)C(=Nc2cc3c(s2)-c2sc4c(c2C3(C(=O)OCc2ccccc2)C(=O)OCc2ccccc2)C(C(=O)OCc2ccccc2)(C(=O)OCc2ccccc2)c2cc(N=C3SC(=S)N(CC)C3=O)sc2-4)SC1=S. The number of carbonyl (C=O) groups is 6. The smallest absolute Gasteiger partial charge is 0.333 e. The van der Waals surface area contributed by atoms with E-state index in [2.05, 4.69) is 0 Å². The zero-order valence-corrected chi connectivity index (χ0v) is 46.4. The van der Waals surface area contributed by atoms with Crippen LogP contribution in [-0.2, 0) is 85.0 Å². The number of hydrogen-bond donors (Lipinski definition) is 0. The van der Waals surface area contributed by atoms with Crippen molar-refractivity contribution < 1.29 is 47.7 Å². The molecule has 14 nitrogen and oxygen atoms in total. The summed E-state index contributed by atoms with van der Waals surface area (Å²) in [6.45, 7) is 3.11. The van der Waals surface area contributed by atoms with Gasteiger partial charge in [0.2, 0.25) is 10.8 Å². The van der Waals surface area contributed by atoms with Gasteiger partial charge in [0.05, 0.1) is 19.5 Å². The first-order valence-corrected chi connectivity index (χ1v) is 28.8. The largest absolute Gasteiger partial charge is 0.459 e. The van der Waals surface area contributed by atoms with Crippen LogP contribution in [0.4, 0.5) is 10.0 Å². The van der Waals surface area contributed by atoms with Crippen LogP contribution < -0.4 is 0 Å².